The van der Waals surface area contributed by atoms with Crippen LogP contribution in [0.25, 0.3) is 0 Å². The number of rotatable bonds is 8. The normalized spacial score (nSPS) is 13.9. The second-order valence-electron chi connectivity index (χ2n) is 4.21. The maximum Gasteiger partial charge on any atom is 0.0878 e. The molecule has 0 radical (unpaired) electrons. The van der Waals surface area contributed by atoms with Gasteiger partial charge in [-0.15, -0.1) is 11.3 Å². The lowest BCUT2D eigenvalue weighted by atomic mass is 9.87. The topological polar surface area (TPSA) is 21.3 Å². The first-order valence-electron chi connectivity index (χ1n) is 6.64. The molecule has 1 unspecified atom stereocenters. The minimum absolute atomic E-state index is 0.0738. The summed E-state index contributed by atoms with van der Waals surface area (Å²) >= 11 is 1.81. The van der Waals surface area contributed by atoms with E-state index in [4.69, 9.17) is 4.74 Å². The molecule has 0 aromatic carbocycles. The van der Waals surface area contributed by atoms with Crippen LogP contribution in [-0.4, -0.2) is 18.8 Å². The summed E-state index contributed by atoms with van der Waals surface area (Å²) in [6.07, 6.45) is 2.07. The first-order valence-corrected chi connectivity index (χ1v) is 7.52. The zero-order valence-corrected chi connectivity index (χ0v) is 12.3. The zero-order valence-electron chi connectivity index (χ0n) is 11.5. The molecule has 0 bridgehead atoms. The Bertz CT molecular complexity index is 293. The number of thiophene rings is 1. The third kappa shape index (κ3) is 3.30. The lowest BCUT2D eigenvalue weighted by molar-refractivity contribution is -0.0722. The minimum atomic E-state index is -0.0738. The Hall–Kier alpha value is -0.380. The van der Waals surface area contributed by atoms with E-state index in [1.165, 1.54) is 4.88 Å². The molecular weight excluding hydrogens is 230 g/mol. The van der Waals surface area contributed by atoms with Crippen molar-refractivity contribution in [2.75, 3.05) is 13.2 Å². The van der Waals surface area contributed by atoms with E-state index >= 15 is 0 Å². The molecule has 2 nitrogen and oxygen atoms in total. The number of likely N-dealkylation sites (N-methyl/N-ethyl adjacent to an activating group) is 1. The average molecular weight is 255 g/mol. The fourth-order valence-corrected chi connectivity index (χ4v) is 3.34. The summed E-state index contributed by atoms with van der Waals surface area (Å²) in [5.41, 5.74) is -0.0738. The molecule has 0 spiro atoms. The molecule has 0 fully saturated rings. The second kappa shape index (κ2) is 7.14. The van der Waals surface area contributed by atoms with Crippen molar-refractivity contribution >= 4 is 11.3 Å². The van der Waals surface area contributed by atoms with Gasteiger partial charge in [0.25, 0.3) is 0 Å². The van der Waals surface area contributed by atoms with Gasteiger partial charge in [0.15, 0.2) is 0 Å². The van der Waals surface area contributed by atoms with Gasteiger partial charge in [-0.2, -0.15) is 0 Å². The van der Waals surface area contributed by atoms with Crippen molar-refractivity contribution in [3.05, 3.63) is 22.4 Å². The van der Waals surface area contributed by atoms with Gasteiger partial charge in [0.05, 0.1) is 11.6 Å². The van der Waals surface area contributed by atoms with E-state index in [1.54, 1.807) is 0 Å². The van der Waals surface area contributed by atoms with Crippen molar-refractivity contribution in [3.63, 3.8) is 0 Å². The van der Waals surface area contributed by atoms with Gasteiger partial charge in [-0.25, -0.2) is 0 Å². The summed E-state index contributed by atoms with van der Waals surface area (Å²) in [6, 6.07) is 4.63. The van der Waals surface area contributed by atoms with Gasteiger partial charge in [0.1, 0.15) is 0 Å². The van der Waals surface area contributed by atoms with Gasteiger partial charge in [-0.3, -0.25) is 0 Å². The summed E-state index contributed by atoms with van der Waals surface area (Å²) in [4.78, 5) is 1.38. The largest absolute Gasteiger partial charge is 0.373 e. The van der Waals surface area contributed by atoms with E-state index in [0.29, 0.717) is 6.04 Å². The summed E-state index contributed by atoms with van der Waals surface area (Å²) in [5, 5.41) is 5.74. The van der Waals surface area contributed by atoms with Crippen molar-refractivity contribution in [1.82, 2.24) is 5.32 Å². The van der Waals surface area contributed by atoms with Gasteiger partial charge >= 0.3 is 0 Å². The highest BCUT2D eigenvalue weighted by Crippen LogP contribution is 2.37. The maximum atomic E-state index is 6.11. The van der Waals surface area contributed by atoms with Gasteiger partial charge in [-0.1, -0.05) is 26.8 Å². The Balaban J connectivity index is 3.00. The standard InChI is InChI=1S/C14H25NOS/c1-5-14(6-2,16-8-4)13(15-7-3)12-10-9-11-17-12/h9-11,13,15H,5-8H2,1-4H3. The van der Waals surface area contributed by atoms with Crippen molar-refractivity contribution in [3.8, 4) is 0 Å². The molecular formula is C14H25NOS. The van der Waals surface area contributed by atoms with Crippen LogP contribution in [0.3, 0.4) is 0 Å². The Labute approximate surface area is 109 Å². The molecule has 1 N–H and O–H groups in total. The number of nitrogens with one attached hydrogen (secondary N) is 1. The first kappa shape index (κ1) is 14.7. The minimum Gasteiger partial charge on any atom is -0.373 e. The smallest absolute Gasteiger partial charge is 0.0878 e. The quantitative estimate of drug-likeness (QED) is 0.758. The Morgan fingerprint density at radius 1 is 1.29 bits per heavy atom. The molecule has 1 heterocycles. The van der Waals surface area contributed by atoms with Gasteiger partial charge in [-0.05, 0) is 37.8 Å². The van der Waals surface area contributed by atoms with Gasteiger partial charge in [0, 0.05) is 11.5 Å². The summed E-state index contributed by atoms with van der Waals surface area (Å²) in [7, 11) is 0. The van der Waals surface area contributed by atoms with Crippen molar-refractivity contribution in [2.24, 2.45) is 0 Å². The van der Waals surface area contributed by atoms with E-state index in [0.717, 1.165) is 26.0 Å². The molecule has 0 aliphatic rings. The maximum absolute atomic E-state index is 6.11. The van der Waals surface area contributed by atoms with Crippen LogP contribution >= 0.6 is 11.3 Å². The van der Waals surface area contributed by atoms with Crippen molar-refractivity contribution in [1.29, 1.82) is 0 Å². The fraction of sp³-hybridized carbons (Fsp3) is 0.714. The van der Waals surface area contributed by atoms with Crippen LogP contribution in [0.15, 0.2) is 17.5 Å². The monoisotopic (exact) mass is 255 g/mol. The Kier molecular flexibility index (Phi) is 6.17. The van der Waals surface area contributed by atoms with Crippen LogP contribution in [0.2, 0.25) is 0 Å². The molecule has 98 valence electrons. The van der Waals surface area contributed by atoms with Crippen LogP contribution in [0, 0.1) is 0 Å². The number of ether oxygens (including phenoxy) is 1. The molecule has 0 amide bonds. The van der Waals surface area contributed by atoms with Crippen LogP contribution in [0.1, 0.15) is 51.5 Å². The molecule has 1 aromatic rings. The predicted molar refractivity (Wildman–Crippen MR) is 75.7 cm³/mol. The zero-order chi connectivity index (χ0) is 12.7. The lowest BCUT2D eigenvalue weighted by Crippen LogP contribution is -2.45. The van der Waals surface area contributed by atoms with Crippen molar-refractivity contribution < 1.29 is 4.74 Å². The second-order valence-corrected chi connectivity index (χ2v) is 5.19. The van der Waals surface area contributed by atoms with E-state index < -0.39 is 0 Å². The molecule has 0 aliphatic carbocycles. The lowest BCUT2D eigenvalue weighted by Gasteiger charge is -2.39. The average Bonchev–Trinajstić information content (AvgIpc) is 2.87. The molecule has 0 saturated carbocycles. The van der Waals surface area contributed by atoms with E-state index in [2.05, 4.69) is 50.5 Å². The summed E-state index contributed by atoms with van der Waals surface area (Å²) < 4.78 is 6.11. The van der Waals surface area contributed by atoms with Crippen molar-refractivity contribution in [2.45, 2.75) is 52.2 Å². The summed E-state index contributed by atoms with van der Waals surface area (Å²) in [5.74, 6) is 0. The highest BCUT2D eigenvalue weighted by molar-refractivity contribution is 7.10. The van der Waals surface area contributed by atoms with Gasteiger partial charge < -0.3 is 10.1 Å². The van der Waals surface area contributed by atoms with Crippen LogP contribution < -0.4 is 5.32 Å². The molecule has 1 rings (SSSR count). The highest BCUT2D eigenvalue weighted by atomic mass is 32.1. The fourth-order valence-electron chi connectivity index (χ4n) is 2.44. The summed E-state index contributed by atoms with van der Waals surface area (Å²) in [6.45, 7) is 10.4. The molecule has 3 heteroatoms. The van der Waals surface area contributed by atoms with Crippen LogP contribution in [0.4, 0.5) is 0 Å². The Morgan fingerprint density at radius 2 is 2.00 bits per heavy atom. The third-order valence-electron chi connectivity index (χ3n) is 3.39. The van der Waals surface area contributed by atoms with E-state index in [9.17, 15) is 0 Å². The predicted octanol–water partition coefficient (Wildman–Crippen LogP) is 3.99. The number of hydrogen-bond acceptors (Lipinski definition) is 3. The van der Waals surface area contributed by atoms with E-state index in [-0.39, 0.29) is 5.60 Å². The first-order chi connectivity index (χ1) is 8.24. The third-order valence-corrected chi connectivity index (χ3v) is 4.33. The molecule has 1 aromatic heterocycles. The van der Waals surface area contributed by atoms with Gasteiger partial charge in [0.2, 0.25) is 0 Å². The Morgan fingerprint density at radius 3 is 2.41 bits per heavy atom. The van der Waals surface area contributed by atoms with E-state index in [1.807, 2.05) is 11.3 Å². The number of hydrogen-bond donors (Lipinski definition) is 1. The highest BCUT2D eigenvalue weighted by Gasteiger charge is 2.37. The molecule has 17 heavy (non-hydrogen) atoms. The molecule has 1 atom stereocenters. The van der Waals surface area contributed by atoms with Crippen LogP contribution in [-0.2, 0) is 4.74 Å². The SMILES string of the molecule is CCNC(c1cccs1)C(CC)(CC)OCC. The molecule has 0 aliphatic heterocycles. The van der Waals surface area contributed by atoms with Crippen LogP contribution in [0.5, 0.6) is 0 Å². The molecule has 0 saturated heterocycles.